The summed E-state index contributed by atoms with van der Waals surface area (Å²) in [4.78, 5) is 16.5. The van der Waals surface area contributed by atoms with Crippen molar-refractivity contribution in [1.29, 1.82) is 0 Å². The molecular weight excluding hydrogens is 325 g/mol. The summed E-state index contributed by atoms with van der Waals surface area (Å²) in [6, 6.07) is 3.01. The van der Waals surface area contributed by atoms with Crippen molar-refractivity contribution in [3.8, 4) is 0 Å². The Labute approximate surface area is 126 Å². The summed E-state index contributed by atoms with van der Waals surface area (Å²) in [5.74, 6) is -0.617. The van der Waals surface area contributed by atoms with Crippen molar-refractivity contribution in [2.24, 2.45) is 0 Å². The minimum Gasteiger partial charge on any atom is -0.396 e. The van der Waals surface area contributed by atoms with Gasteiger partial charge in [0.05, 0.1) is 11.3 Å². The lowest BCUT2D eigenvalue weighted by atomic mass is 10.0. The zero-order valence-electron chi connectivity index (χ0n) is 11.7. The Balaban J connectivity index is 2.21. The SMILES string of the molecule is CN(C)C1CCCN(C(=O)c2cc(N)c(F)cc2Br)C1. The Bertz CT molecular complexity index is 521. The number of carbonyl (C=O) groups is 1. The van der Waals surface area contributed by atoms with Gasteiger partial charge in [0, 0.05) is 23.6 Å². The van der Waals surface area contributed by atoms with Crippen molar-refractivity contribution in [3.63, 3.8) is 0 Å². The second-order valence-corrected chi connectivity index (χ2v) is 6.22. The molecule has 0 aromatic heterocycles. The molecule has 110 valence electrons. The van der Waals surface area contributed by atoms with Gasteiger partial charge in [-0.05, 0) is 55.0 Å². The van der Waals surface area contributed by atoms with E-state index in [9.17, 15) is 9.18 Å². The third-order valence-corrected chi connectivity index (χ3v) is 4.39. The number of carbonyl (C=O) groups excluding carboxylic acids is 1. The molecule has 6 heteroatoms. The summed E-state index contributed by atoms with van der Waals surface area (Å²) in [6.45, 7) is 1.42. The van der Waals surface area contributed by atoms with Crippen molar-refractivity contribution in [3.05, 3.63) is 28.0 Å². The zero-order valence-corrected chi connectivity index (χ0v) is 13.3. The molecule has 1 amide bonds. The van der Waals surface area contributed by atoms with Crippen molar-refractivity contribution in [1.82, 2.24) is 9.80 Å². The van der Waals surface area contributed by atoms with Gasteiger partial charge in [-0.2, -0.15) is 0 Å². The largest absolute Gasteiger partial charge is 0.396 e. The Hall–Kier alpha value is -1.14. The number of benzene rings is 1. The third kappa shape index (κ3) is 3.12. The van der Waals surface area contributed by atoms with Crippen LogP contribution in [0.15, 0.2) is 16.6 Å². The number of halogens is 2. The number of amides is 1. The van der Waals surface area contributed by atoms with Gasteiger partial charge in [-0.25, -0.2) is 4.39 Å². The van der Waals surface area contributed by atoms with E-state index in [1.165, 1.54) is 12.1 Å². The lowest BCUT2D eigenvalue weighted by Crippen LogP contribution is -2.47. The predicted molar refractivity (Wildman–Crippen MR) is 81.1 cm³/mol. The number of hydrogen-bond acceptors (Lipinski definition) is 3. The highest BCUT2D eigenvalue weighted by molar-refractivity contribution is 9.10. The second kappa shape index (κ2) is 6.10. The minimum absolute atomic E-state index is 0.00211. The summed E-state index contributed by atoms with van der Waals surface area (Å²) >= 11 is 3.24. The molecule has 2 N–H and O–H groups in total. The molecule has 0 bridgehead atoms. The second-order valence-electron chi connectivity index (χ2n) is 5.36. The molecule has 4 nitrogen and oxygen atoms in total. The van der Waals surface area contributed by atoms with E-state index in [0.29, 0.717) is 22.6 Å². The molecule has 1 aliphatic rings. The molecule has 2 rings (SSSR count). The van der Waals surface area contributed by atoms with Crippen LogP contribution in [0.4, 0.5) is 10.1 Å². The van der Waals surface area contributed by atoms with Crippen LogP contribution in [-0.4, -0.2) is 48.9 Å². The highest BCUT2D eigenvalue weighted by atomic mass is 79.9. The standard InChI is InChI=1S/C14H19BrFN3O/c1-18(2)9-4-3-5-19(8-9)14(20)10-6-13(17)12(16)7-11(10)15/h6-7,9H,3-5,8,17H2,1-2H3. The maximum absolute atomic E-state index is 13.3. The molecule has 0 aliphatic carbocycles. The average molecular weight is 344 g/mol. The summed E-state index contributed by atoms with van der Waals surface area (Å²) in [7, 11) is 4.04. The molecular formula is C14H19BrFN3O. The number of hydrogen-bond donors (Lipinski definition) is 1. The van der Waals surface area contributed by atoms with Crippen LogP contribution in [0.25, 0.3) is 0 Å². The van der Waals surface area contributed by atoms with Gasteiger partial charge in [-0.1, -0.05) is 0 Å². The molecule has 0 saturated carbocycles. The molecule has 1 unspecified atom stereocenters. The number of anilines is 1. The van der Waals surface area contributed by atoms with Crippen LogP contribution in [0, 0.1) is 5.82 Å². The first-order valence-electron chi connectivity index (χ1n) is 6.60. The number of nitrogens with zero attached hydrogens (tertiary/aromatic N) is 2. The van der Waals surface area contributed by atoms with Crippen molar-refractivity contribution in [2.75, 3.05) is 32.9 Å². The highest BCUT2D eigenvalue weighted by Gasteiger charge is 2.27. The average Bonchev–Trinajstić information content (AvgIpc) is 2.42. The van der Waals surface area contributed by atoms with Gasteiger partial charge in [-0.15, -0.1) is 0 Å². The van der Waals surface area contributed by atoms with E-state index >= 15 is 0 Å². The Kier molecular flexibility index (Phi) is 4.65. The highest BCUT2D eigenvalue weighted by Crippen LogP contribution is 2.25. The van der Waals surface area contributed by atoms with Crippen LogP contribution in [0.3, 0.4) is 0 Å². The first-order chi connectivity index (χ1) is 9.40. The third-order valence-electron chi connectivity index (χ3n) is 3.73. The molecule has 1 aromatic rings. The van der Waals surface area contributed by atoms with E-state index in [1.807, 2.05) is 19.0 Å². The maximum atomic E-state index is 13.3. The van der Waals surface area contributed by atoms with Crippen molar-refractivity contribution < 1.29 is 9.18 Å². The fourth-order valence-corrected chi connectivity index (χ4v) is 2.95. The maximum Gasteiger partial charge on any atom is 0.255 e. The van der Waals surface area contributed by atoms with Crippen LogP contribution in [-0.2, 0) is 0 Å². The summed E-state index contributed by atoms with van der Waals surface area (Å²) in [5.41, 5.74) is 5.98. The summed E-state index contributed by atoms with van der Waals surface area (Å²) in [5, 5.41) is 0. The molecule has 1 atom stereocenters. The fourth-order valence-electron chi connectivity index (χ4n) is 2.46. The van der Waals surface area contributed by atoms with Crippen LogP contribution in [0.2, 0.25) is 0 Å². The monoisotopic (exact) mass is 343 g/mol. The van der Waals surface area contributed by atoms with E-state index in [1.54, 1.807) is 0 Å². The van der Waals surface area contributed by atoms with Gasteiger partial charge in [0.1, 0.15) is 5.82 Å². The molecule has 1 fully saturated rings. The van der Waals surface area contributed by atoms with Gasteiger partial charge in [0.25, 0.3) is 5.91 Å². The number of nitrogen functional groups attached to an aromatic ring is 1. The molecule has 0 radical (unpaired) electrons. The first-order valence-corrected chi connectivity index (χ1v) is 7.39. The quantitative estimate of drug-likeness (QED) is 0.838. The van der Waals surface area contributed by atoms with Crippen LogP contribution in [0.1, 0.15) is 23.2 Å². The normalized spacial score (nSPS) is 19.4. The number of likely N-dealkylation sites (N-methyl/N-ethyl adjacent to an activating group) is 1. The van der Waals surface area contributed by atoms with Crippen molar-refractivity contribution in [2.45, 2.75) is 18.9 Å². The molecule has 1 heterocycles. The van der Waals surface area contributed by atoms with E-state index in [2.05, 4.69) is 20.8 Å². The zero-order chi connectivity index (χ0) is 14.9. The Morgan fingerprint density at radius 2 is 2.20 bits per heavy atom. The van der Waals surface area contributed by atoms with Gasteiger partial charge in [0.2, 0.25) is 0 Å². The van der Waals surface area contributed by atoms with Crippen LogP contribution < -0.4 is 5.73 Å². The lowest BCUT2D eigenvalue weighted by molar-refractivity contribution is 0.0634. The topological polar surface area (TPSA) is 49.6 Å². The van der Waals surface area contributed by atoms with E-state index in [4.69, 9.17) is 5.73 Å². The van der Waals surface area contributed by atoms with E-state index in [0.717, 1.165) is 19.4 Å². The Morgan fingerprint density at radius 3 is 2.85 bits per heavy atom. The first kappa shape index (κ1) is 15.3. The number of nitrogens with two attached hydrogens (primary N) is 1. The van der Waals surface area contributed by atoms with Gasteiger partial charge in [0.15, 0.2) is 0 Å². The predicted octanol–water partition coefficient (Wildman–Crippen LogP) is 2.34. The molecule has 0 spiro atoms. The smallest absolute Gasteiger partial charge is 0.255 e. The molecule has 1 aromatic carbocycles. The van der Waals surface area contributed by atoms with E-state index < -0.39 is 5.82 Å². The van der Waals surface area contributed by atoms with Crippen LogP contribution in [0.5, 0.6) is 0 Å². The molecule has 20 heavy (non-hydrogen) atoms. The van der Waals surface area contributed by atoms with Gasteiger partial charge < -0.3 is 15.5 Å². The van der Waals surface area contributed by atoms with E-state index in [-0.39, 0.29) is 11.6 Å². The van der Waals surface area contributed by atoms with Crippen molar-refractivity contribution >= 4 is 27.5 Å². The van der Waals surface area contributed by atoms with Gasteiger partial charge >= 0.3 is 0 Å². The number of piperidine rings is 1. The summed E-state index contributed by atoms with van der Waals surface area (Å²) < 4.78 is 13.8. The van der Waals surface area contributed by atoms with Gasteiger partial charge in [-0.3, -0.25) is 4.79 Å². The number of rotatable bonds is 2. The minimum atomic E-state index is -0.516. The fraction of sp³-hybridized carbons (Fsp3) is 0.500. The summed E-state index contributed by atoms with van der Waals surface area (Å²) in [6.07, 6.45) is 2.06. The molecule has 1 aliphatic heterocycles. The molecule has 1 saturated heterocycles. The van der Waals surface area contributed by atoms with Crippen LogP contribution >= 0.6 is 15.9 Å². The Morgan fingerprint density at radius 1 is 1.50 bits per heavy atom. The number of likely N-dealkylation sites (tertiary alicyclic amines) is 1. The lowest BCUT2D eigenvalue weighted by Gasteiger charge is -2.36.